The molecule has 0 radical (unpaired) electrons. The topological polar surface area (TPSA) is 69.8 Å². The molecule has 0 aliphatic heterocycles. The Bertz CT molecular complexity index is 1130. The van der Waals surface area contributed by atoms with Crippen LogP contribution in [0.25, 0.3) is 11.0 Å². The molecular formula is C18H19F3N4O2S. The molecule has 0 amide bonds. The van der Waals surface area contributed by atoms with Crippen molar-refractivity contribution in [2.45, 2.75) is 39.4 Å². The van der Waals surface area contributed by atoms with Gasteiger partial charge in [0, 0.05) is 12.4 Å². The molecule has 28 heavy (non-hydrogen) atoms. The number of halogens is 3. The Balaban J connectivity index is 2.01. The summed E-state index contributed by atoms with van der Waals surface area (Å²) in [6, 6.07) is 1.80. The average molecular weight is 412 g/mol. The predicted octanol–water partition coefficient (Wildman–Crippen LogP) is 3.21. The molecular weight excluding hydrogens is 393 g/mol. The monoisotopic (exact) mass is 412 g/mol. The van der Waals surface area contributed by atoms with Crippen LogP contribution in [0.15, 0.2) is 27.1 Å². The van der Waals surface area contributed by atoms with Gasteiger partial charge in [-0.15, -0.1) is 11.3 Å². The fourth-order valence-corrected chi connectivity index (χ4v) is 3.59. The van der Waals surface area contributed by atoms with Gasteiger partial charge < -0.3 is 0 Å². The van der Waals surface area contributed by atoms with Gasteiger partial charge in [0.2, 0.25) is 0 Å². The minimum absolute atomic E-state index is 0.0410. The van der Waals surface area contributed by atoms with E-state index in [1.54, 1.807) is 5.38 Å². The molecule has 3 aromatic heterocycles. The lowest BCUT2D eigenvalue weighted by Crippen LogP contribution is -2.39. The van der Waals surface area contributed by atoms with Crippen molar-refractivity contribution in [1.29, 1.82) is 0 Å². The quantitative estimate of drug-likeness (QED) is 0.645. The van der Waals surface area contributed by atoms with Gasteiger partial charge in [-0.25, -0.2) is 14.8 Å². The Kier molecular flexibility index (Phi) is 5.42. The first-order valence-corrected chi connectivity index (χ1v) is 9.57. The van der Waals surface area contributed by atoms with Crippen LogP contribution in [0.2, 0.25) is 0 Å². The van der Waals surface area contributed by atoms with E-state index in [4.69, 9.17) is 0 Å². The van der Waals surface area contributed by atoms with Gasteiger partial charge in [0.05, 0.1) is 22.6 Å². The maximum atomic E-state index is 12.9. The number of rotatable bonds is 5. The van der Waals surface area contributed by atoms with Gasteiger partial charge in [0.1, 0.15) is 11.3 Å². The van der Waals surface area contributed by atoms with E-state index < -0.39 is 23.1 Å². The first-order chi connectivity index (χ1) is 13.1. The van der Waals surface area contributed by atoms with Crippen LogP contribution in [0.1, 0.15) is 36.7 Å². The molecule has 3 rings (SSSR count). The van der Waals surface area contributed by atoms with Gasteiger partial charge in [-0.1, -0.05) is 13.8 Å². The van der Waals surface area contributed by atoms with E-state index in [1.165, 1.54) is 18.4 Å². The molecule has 150 valence electrons. The number of pyridine rings is 1. The van der Waals surface area contributed by atoms with Crippen molar-refractivity contribution in [3.05, 3.63) is 54.7 Å². The number of aromatic nitrogens is 4. The zero-order chi connectivity index (χ0) is 20.6. The molecule has 0 atom stereocenters. The lowest BCUT2D eigenvalue weighted by Gasteiger charge is -2.11. The van der Waals surface area contributed by atoms with Crippen molar-refractivity contribution in [1.82, 2.24) is 19.1 Å². The number of thiazole rings is 1. The molecule has 0 fully saturated rings. The minimum atomic E-state index is -4.66. The molecule has 0 aliphatic rings. The highest BCUT2D eigenvalue weighted by Gasteiger charge is 2.33. The summed E-state index contributed by atoms with van der Waals surface area (Å²) in [6.07, 6.45) is -2.86. The van der Waals surface area contributed by atoms with E-state index in [-0.39, 0.29) is 17.6 Å². The molecule has 0 saturated heterocycles. The van der Waals surface area contributed by atoms with Crippen LogP contribution in [0.3, 0.4) is 0 Å². The molecule has 0 N–H and O–H groups in total. The molecule has 3 aromatic rings. The SMILES string of the molecule is CC(C)CCc1nc(Cn2c(=O)c3ccc(C(F)(F)F)nc3n(C)c2=O)cs1. The fourth-order valence-electron chi connectivity index (χ4n) is 2.78. The largest absolute Gasteiger partial charge is 0.433 e. The van der Waals surface area contributed by atoms with Gasteiger partial charge >= 0.3 is 11.9 Å². The Morgan fingerprint density at radius 1 is 1.18 bits per heavy atom. The zero-order valence-electron chi connectivity index (χ0n) is 15.6. The van der Waals surface area contributed by atoms with Crippen LogP contribution in [0.5, 0.6) is 0 Å². The standard InChI is InChI=1S/C18H19F3N4O2S/c1-10(2)4-7-14-22-11(9-28-14)8-25-16(26)12-5-6-13(18(19,20)21)23-15(12)24(3)17(25)27/h5-6,9-10H,4,7-8H2,1-3H3. The van der Waals surface area contributed by atoms with E-state index in [1.807, 2.05) is 0 Å². The third kappa shape index (κ3) is 4.01. The van der Waals surface area contributed by atoms with Crippen LogP contribution in [-0.4, -0.2) is 19.1 Å². The maximum absolute atomic E-state index is 12.9. The summed E-state index contributed by atoms with van der Waals surface area (Å²) in [6.45, 7) is 4.19. The molecule has 6 nitrogen and oxygen atoms in total. The van der Waals surface area contributed by atoms with E-state index in [9.17, 15) is 22.8 Å². The molecule has 0 saturated carbocycles. The molecule has 0 unspecified atom stereocenters. The highest BCUT2D eigenvalue weighted by molar-refractivity contribution is 7.09. The van der Waals surface area contributed by atoms with Crippen molar-refractivity contribution in [2.24, 2.45) is 13.0 Å². The van der Waals surface area contributed by atoms with Crippen molar-refractivity contribution in [3.63, 3.8) is 0 Å². The third-order valence-electron chi connectivity index (χ3n) is 4.33. The maximum Gasteiger partial charge on any atom is 0.433 e. The summed E-state index contributed by atoms with van der Waals surface area (Å²) in [5.41, 5.74) is -2.29. The highest BCUT2D eigenvalue weighted by Crippen LogP contribution is 2.28. The van der Waals surface area contributed by atoms with Crippen LogP contribution in [-0.2, 0) is 26.2 Å². The highest BCUT2D eigenvalue weighted by atomic mass is 32.1. The number of alkyl halides is 3. The summed E-state index contributed by atoms with van der Waals surface area (Å²) in [7, 11) is 1.29. The van der Waals surface area contributed by atoms with E-state index in [0.717, 1.165) is 39.1 Å². The Labute approximate surface area is 162 Å². The summed E-state index contributed by atoms with van der Waals surface area (Å²) >= 11 is 1.46. The second kappa shape index (κ2) is 7.50. The summed E-state index contributed by atoms with van der Waals surface area (Å²) in [4.78, 5) is 33.2. The average Bonchev–Trinajstić information content (AvgIpc) is 3.08. The molecule has 3 heterocycles. The van der Waals surface area contributed by atoms with E-state index in [0.29, 0.717) is 11.6 Å². The van der Waals surface area contributed by atoms with Crippen LogP contribution < -0.4 is 11.2 Å². The first kappa shape index (κ1) is 20.2. The van der Waals surface area contributed by atoms with Crippen molar-refractivity contribution < 1.29 is 13.2 Å². The van der Waals surface area contributed by atoms with Crippen molar-refractivity contribution >= 4 is 22.4 Å². The van der Waals surface area contributed by atoms with Gasteiger partial charge in [-0.05, 0) is 30.9 Å². The van der Waals surface area contributed by atoms with E-state index in [2.05, 4.69) is 23.8 Å². The molecule has 0 aromatic carbocycles. The van der Waals surface area contributed by atoms with Gasteiger partial charge in [0.25, 0.3) is 5.56 Å². The molecule has 0 spiro atoms. The molecule has 0 aliphatic carbocycles. The molecule has 10 heteroatoms. The van der Waals surface area contributed by atoms with E-state index >= 15 is 0 Å². The smallest absolute Gasteiger partial charge is 0.280 e. The second-order valence-electron chi connectivity index (χ2n) is 6.96. The first-order valence-electron chi connectivity index (χ1n) is 8.69. The number of fused-ring (bicyclic) bond motifs is 1. The summed E-state index contributed by atoms with van der Waals surface area (Å²) < 4.78 is 40.6. The van der Waals surface area contributed by atoms with Gasteiger partial charge in [-0.3, -0.25) is 13.9 Å². The third-order valence-corrected chi connectivity index (χ3v) is 5.29. The zero-order valence-corrected chi connectivity index (χ0v) is 16.4. The Morgan fingerprint density at radius 3 is 2.54 bits per heavy atom. The van der Waals surface area contributed by atoms with Crippen LogP contribution in [0, 0.1) is 5.92 Å². The lowest BCUT2D eigenvalue weighted by atomic mass is 10.1. The Hall–Kier alpha value is -2.49. The van der Waals surface area contributed by atoms with Crippen molar-refractivity contribution in [2.75, 3.05) is 0 Å². The number of hydrogen-bond acceptors (Lipinski definition) is 5. The van der Waals surface area contributed by atoms with Crippen molar-refractivity contribution in [3.8, 4) is 0 Å². The second-order valence-corrected chi connectivity index (χ2v) is 7.91. The van der Waals surface area contributed by atoms with Gasteiger partial charge in [-0.2, -0.15) is 13.2 Å². The number of aryl methyl sites for hydroxylation is 2. The Morgan fingerprint density at radius 2 is 1.89 bits per heavy atom. The normalized spacial score (nSPS) is 12.2. The van der Waals surface area contributed by atoms with Gasteiger partial charge in [0.15, 0.2) is 0 Å². The number of nitrogens with zero attached hydrogens (tertiary/aromatic N) is 4. The van der Waals surface area contributed by atoms with Crippen LogP contribution >= 0.6 is 11.3 Å². The van der Waals surface area contributed by atoms with Crippen LogP contribution in [0.4, 0.5) is 13.2 Å². The number of hydrogen-bond donors (Lipinski definition) is 0. The molecule has 0 bridgehead atoms. The summed E-state index contributed by atoms with van der Waals surface area (Å²) in [5.74, 6) is 0.539. The fraction of sp³-hybridized carbons (Fsp3) is 0.444. The minimum Gasteiger partial charge on any atom is -0.280 e. The lowest BCUT2D eigenvalue weighted by molar-refractivity contribution is -0.141. The summed E-state index contributed by atoms with van der Waals surface area (Å²) in [5, 5.41) is 2.66. The predicted molar refractivity (Wildman–Crippen MR) is 101 cm³/mol.